The number of methoxy groups -OCH3 is 1. The number of hydrogen-bond acceptors (Lipinski definition) is 4. The van der Waals surface area contributed by atoms with Crippen LogP contribution in [-0.2, 0) is 6.54 Å². The third-order valence-electron chi connectivity index (χ3n) is 6.51. The molecule has 2 amide bonds. The van der Waals surface area contributed by atoms with Gasteiger partial charge in [-0.25, -0.2) is 4.39 Å². The molecule has 2 aromatic carbocycles. The third-order valence-corrected chi connectivity index (χ3v) is 7.46. The lowest BCUT2D eigenvalue weighted by atomic mass is 10.1. The first-order chi connectivity index (χ1) is 17.0. The van der Waals surface area contributed by atoms with E-state index in [2.05, 4.69) is 4.57 Å². The number of thiophene rings is 1. The Hall–Kier alpha value is -3.65. The van der Waals surface area contributed by atoms with Crippen molar-refractivity contribution in [2.75, 3.05) is 26.7 Å². The van der Waals surface area contributed by atoms with E-state index in [1.807, 2.05) is 53.6 Å². The van der Waals surface area contributed by atoms with Gasteiger partial charge in [-0.2, -0.15) is 0 Å². The molecular weight excluding hydrogens is 465 g/mol. The van der Waals surface area contributed by atoms with Crippen molar-refractivity contribution >= 4 is 33.4 Å². The molecule has 3 heterocycles. The monoisotopic (exact) mass is 491 g/mol. The Labute approximate surface area is 207 Å². The molecule has 4 aromatic rings. The topological polar surface area (TPSA) is 54.8 Å². The van der Waals surface area contributed by atoms with E-state index in [9.17, 15) is 14.0 Å². The number of halogens is 1. The molecule has 0 bridgehead atoms. The van der Waals surface area contributed by atoms with Crippen LogP contribution in [0, 0.1) is 5.82 Å². The summed E-state index contributed by atoms with van der Waals surface area (Å²) in [5.74, 6) is 0.209. The number of fused-ring (bicyclic) bond motifs is 1. The molecule has 0 radical (unpaired) electrons. The average molecular weight is 492 g/mol. The summed E-state index contributed by atoms with van der Waals surface area (Å²) in [6.45, 7) is 3.74. The zero-order valence-corrected chi connectivity index (χ0v) is 20.4. The fourth-order valence-electron chi connectivity index (χ4n) is 4.68. The SMILES string of the molecule is COc1ccccc1Cn1c(C(=O)N2CCN(C(=O)c3ccc(F)cc3)C(C)C2)cc2ccsc21. The van der Waals surface area contributed by atoms with E-state index >= 15 is 0 Å². The molecule has 0 saturated carbocycles. The molecule has 2 aromatic heterocycles. The van der Waals surface area contributed by atoms with Crippen LogP contribution in [-0.4, -0.2) is 59.0 Å². The molecule has 6 nitrogen and oxygen atoms in total. The number of hydrogen-bond donors (Lipinski definition) is 0. The molecule has 1 fully saturated rings. The van der Waals surface area contributed by atoms with Crippen molar-refractivity contribution in [3.63, 3.8) is 0 Å². The number of para-hydroxylation sites is 1. The van der Waals surface area contributed by atoms with Crippen molar-refractivity contribution in [1.29, 1.82) is 0 Å². The van der Waals surface area contributed by atoms with Gasteiger partial charge < -0.3 is 19.1 Å². The molecule has 5 rings (SSSR count). The van der Waals surface area contributed by atoms with Crippen LogP contribution in [0.15, 0.2) is 66.0 Å². The second-order valence-electron chi connectivity index (χ2n) is 8.71. The number of ether oxygens (including phenoxy) is 1. The minimum Gasteiger partial charge on any atom is -0.496 e. The highest BCUT2D eigenvalue weighted by molar-refractivity contribution is 7.16. The number of carbonyl (C=O) groups is 2. The van der Waals surface area contributed by atoms with Gasteiger partial charge in [-0.15, -0.1) is 11.3 Å². The number of benzene rings is 2. The summed E-state index contributed by atoms with van der Waals surface area (Å²) in [5.41, 5.74) is 2.07. The van der Waals surface area contributed by atoms with Gasteiger partial charge in [0.1, 0.15) is 22.1 Å². The van der Waals surface area contributed by atoms with Gasteiger partial charge in [0.15, 0.2) is 0 Å². The zero-order valence-electron chi connectivity index (χ0n) is 19.6. The van der Waals surface area contributed by atoms with Crippen molar-refractivity contribution in [3.05, 3.63) is 88.7 Å². The third kappa shape index (κ3) is 4.41. The normalized spacial score (nSPS) is 16.0. The van der Waals surface area contributed by atoms with Gasteiger partial charge in [0.2, 0.25) is 0 Å². The quantitative estimate of drug-likeness (QED) is 0.400. The Morgan fingerprint density at radius 1 is 1.06 bits per heavy atom. The van der Waals surface area contributed by atoms with Crippen molar-refractivity contribution in [2.45, 2.75) is 19.5 Å². The predicted molar refractivity (Wildman–Crippen MR) is 135 cm³/mol. The average Bonchev–Trinajstić information content (AvgIpc) is 3.46. The Balaban J connectivity index is 1.37. The molecule has 35 heavy (non-hydrogen) atoms. The minimum atomic E-state index is -0.374. The summed E-state index contributed by atoms with van der Waals surface area (Å²) in [6, 6.07) is 17.2. The predicted octanol–water partition coefficient (Wildman–Crippen LogP) is 4.89. The Morgan fingerprint density at radius 2 is 1.83 bits per heavy atom. The van der Waals surface area contributed by atoms with Crippen molar-refractivity contribution in [3.8, 4) is 5.75 Å². The second kappa shape index (κ2) is 9.54. The minimum absolute atomic E-state index is 0.0518. The van der Waals surface area contributed by atoms with Crippen LogP contribution in [0.5, 0.6) is 5.75 Å². The van der Waals surface area contributed by atoms with E-state index in [0.29, 0.717) is 37.4 Å². The first-order valence-corrected chi connectivity index (χ1v) is 12.4. The summed E-state index contributed by atoms with van der Waals surface area (Å²) in [6.07, 6.45) is 0. The number of aromatic nitrogens is 1. The van der Waals surface area contributed by atoms with E-state index in [-0.39, 0.29) is 23.7 Å². The van der Waals surface area contributed by atoms with Gasteiger partial charge in [0.05, 0.1) is 13.7 Å². The van der Waals surface area contributed by atoms with Crippen molar-refractivity contribution in [1.82, 2.24) is 14.4 Å². The molecule has 1 aliphatic heterocycles. The lowest BCUT2D eigenvalue weighted by Crippen LogP contribution is -2.55. The van der Waals surface area contributed by atoms with Gasteiger partial charge in [-0.3, -0.25) is 9.59 Å². The number of amides is 2. The smallest absolute Gasteiger partial charge is 0.270 e. The molecule has 1 unspecified atom stereocenters. The number of piperazine rings is 1. The van der Waals surface area contributed by atoms with E-state index in [1.54, 1.807) is 23.3 Å². The van der Waals surface area contributed by atoms with Crippen molar-refractivity contribution < 1.29 is 18.7 Å². The Kier molecular flexibility index (Phi) is 6.30. The first-order valence-electron chi connectivity index (χ1n) is 11.5. The highest BCUT2D eigenvalue weighted by atomic mass is 32.1. The maximum absolute atomic E-state index is 13.7. The van der Waals surface area contributed by atoms with Gasteiger partial charge in [0.25, 0.3) is 11.8 Å². The lowest BCUT2D eigenvalue weighted by molar-refractivity contribution is 0.0409. The zero-order chi connectivity index (χ0) is 24.5. The highest BCUT2D eigenvalue weighted by Gasteiger charge is 2.32. The molecule has 0 aliphatic carbocycles. The standard InChI is InChI=1S/C27H26FN3O3S/c1-18-16-29(12-13-30(18)25(32)19-7-9-22(28)10-8-19)26(33)23-15-20-11-14-35-27(20)31(23)17-21-5-3-4-6-24(21)34-2/h3-11,14-15,18H,12-13,16-17H2,1-2H3. The molecule has 1 saturated heterocycles. The van der Waals surface area contributed by atoms with Crippen LogP contribution < -0.4 is 4.74 Å². The highest BCUT2D eigenvalue weighted by Crippen LogP contribution is 2.29. The maximum Gasteiger partial charge on any atom is 0.270 e. The summed E-state index contributed by atoms with van der Waals surface area (Å²) < 4.78 is 20.8. The van der Waals surface area contributed by atoms with E-state index in [4.69, 9.17) is 4.74 Å². The summed E-state index contributed by atoms with van der Waals surface area (Å²) in [7, 11) is 1.65. The van der Waals surface area contributed by atoms with Crippen LogP contribution >= 0.6 is 11.3 Å². The molecular formula is C27H26FN3O3S. The van der Waals surface area contributed by atoms with E-state index in [1.165, 1.54) is 24.3 Å². The summed E-state index contributed by atoms with van der Waals surface area (Å²) in [4.78, 5) is 31.3. The van der Waals surface area contributed by atoms with Crippen LogP contribution in [0.1, 0.15) is 33.3 Å². The molecule has 180 valence electrons. The number of carbonyl (C=O) groups excluding carboxylic acids is 2. The van der Waals surface area contributed by atoms with E-state index < -0.39 is 0 Å². The fourth-order valence-corrected chi connectivity index (χ4v) is 5.57. The molecule has 8 heteroatoms. The molecule has 0 spiro atoms. The Morgan fingerprint density at radius 3 is 2.57 bits per heavy atom. The van der Waals surface area contributed by atoms with Crippen LogP contribution in [0.25, 0.3) is 10.2 Å². The van der Waals surface area contributed by atoms with E-state index in [0.717, 1.165) is 21.5 Å². The van der Waals surface area contributed by atoms with Gasteiger partial charge in [-0.1, -0.05) is 18.2 Å². The first kappa shape index (κ1) is 23.1. The molecule has 1 aliphatic rings. The van der Waals surface area contributed by atoms with Crippen molar-refractivity contribution in [2.24, 2.45) is 0 Å². The molecule has 0 N–H and O–H groups in total. The van der Waals surface area contributed by atoms with Gasteiger partial charge in [-0.05, 0) is 54.8 Å². The second-order valence-corrected chi connectivity index (χ2v) is 9.61. The number of nitrogens with zero attached hydrogens (tertiary/aromatic N) is 3. The summed E-state index contributed by atoms with van der Waals surface area (Å²) >= 11 is 1.61. The largest absolute Gasteiger partial charge is 0.496 e. The van der Waals surface area contributed by atoms with Gasteiger partial charge in [0, 0.05) is 42.2 Å². The van der Waals surface area contributed by atoms with Gasteiger partial charge >= 0.3 is 0 Å². The number of rotatable bonds is 5. The van der Waals surface area contributed by atoms with Crippen LogP contribution in [0.3, 0.4) is 0 Å². The maximum atomic E-state index is 13.7. The summed E-state index contributed by atoms with van der Waals surface area (Å²) in [5, 5.41) is 3.06. The molecule has 1 atom stereocenters. The van der Waals surface area contributed by atoms with Crippen LogP contribution in [0.2, 0.25) is 0 Å². The lowest BCUT2D eigenvalue weighted by Gasteiger charge is -2.40. The van der Waals surface area contributed by atoms with Crippen LogP contribution in [0.4, 0.5) is 4.39 Å². The Bertz CT molecular complexity index is 1380. The fraction of sp³-hybridized carbons (Fsp3) is 0.259.